The third kappa shape index (κ3) is 7.85. The van der Waals surface area contributed by atoms with E-state index in [0.717, 1.165) is 16.0 Å². The summed E-state index contributed by atoms with van der Waals surface area (Å²) in [6.07, 6.45) is 1.63. The lowest BCUT2D eigenvalue weighted by Gasteiger charge is -2.15. The van der Waals surface area contributed by atoms with Crippen LogP contribution in [0.3, 0.4) is 0 Å². The Morgan fingerprint density at radius 3 is 2.12 bits per heavy atom. The van der Waals surface area contributed by atoms with E-state index in [1.165, 1.54) is 11.8 Å². The van der Waals surface area contributed by atoms with Gasteiger partial charge in [-0.2, -0.15) is 0 Å². The van der Waals surface area contributed by atoms with Crippen LogP contribution in [-0.2, 0) is 9.59 Å². The summed E-state index contributed by atoms with van der Waals surface area (Å²) in [5, 5.41) is 8.73. The third-order valence-electron chi connectivity index (χ3n) is 5.96. The Balaban J connectivity index is 1.41. The molecular formula is C32H28ClN3O3S. The number of benzene rings is 4. The third-order valence-corrected chi connectivity index (χ3v) is 7.48. The second kappa shape index (κ2) is 13.6. The van der Waals surface area contributed by atoms with Gasteiger partial charge in [-0.15, -0.1) is 11.8 Å². The van der Waals surface area contributed by atoms with Crippen LogP contribution < -0.4 is 16.0 Å². The number of amides is 3. The minimum atomic E-state index is -0.460. The molecule has 0 spiro atoms. The smallest absolute Gasteiger partial charge is 0.272 e. The van der Waals surface area contributed by atoms with Crippen molar-refractivity contribution in [3.8, 4) is 0 Å². The van der Waals surface area contributed by atoms with Gasteiger partial charge in [0, 0.05) is 26.9 Å². The van der Waals surface area contributed by atoms with E-state index in [2.05, 4.69) is 16.0 Å². The average molecular weight is 570 g/mol. The van der Waals surface area contributed by atoms with Gasteiger partial charge in [-0.25, -0.2) is 0 Å². The average Bonchev–Trinajstić information content (AvgIpc) is 2.97. The highest BCUT2D eigenvalue weighted by atomic mass is 35.5. The predicted molar refractivity (Wildman–Crippen MR) is 164 cm³/mol. The van der Waals surface area contributed by atoms with Crippen molar-refractivity contribution in [1.29, 1.82) is 0 Å². The number of thioether (sulfide) groups is 1. The summed E-state index contributed by atoms with van der Waals surface area (Å²) in [4.78, 5) is 39.6. The van der Waals surface area contributed by atoms with Crippen molar-refractivity contribution < 1.29 is 14.4 Å². The van der Waals surface area contributed by atoms with Crippen molar-refractivity contribution in [2.75, 3.05) is 10.6 Å². The SMILES string of the molecule is Cc1c(Cl)cccc1NC(=O)C(C)Sc1ccc(NC(=O)/C(=C/c2ccccc2)NC(=O)c2ccccc2)cc1. The van der Waals surface area contributed by atoms with Gasteiger partial charge >= 0.3 is 0 Å². The van der Waals surface area contributed by atoms with Gasteiger partial charge in [0.2, 0.25) is 5.91 Å². The molecule has 0 saturated heterocycles. The van der Waals surface area contributed by atoms with E-state index >= 15 is 0 Å². The number of hydrogen-bond donors (Lipinski definition) is 3. The van der Waals surface area contributed by atoms with E-state index in [0.29, 0.717) is 22.0 Å². The summed E-state index contributed by atoms with van der Waals surface area (Å²) in [7, 11) is 0. The summed E-state index contributed by atoms with van der Waals surface area (Å²) in [5.41, 5.74) is 3.37. The summed E-state index contributed by atoms with van der Waals surface area (Å²) in [5.74, 6) is -0.985. The molecule has 202 valence electrons. The van der Waals surface area contributed by atoms with E-state index in [-0.39, 0.29) is 22.8 Å². The van der Waals surface area contributed by atoms with E-state index in [1.54, 1.807) is 54.6 Å². The molecule has 0 aliphatic carbocycles. The van der Waals surface area contributed by atoms with Crippen molar-refractivity contribution in [2.45, 2.75) is 24.0 Å². The Bertz CT molecular complexity index is 1520. The molecule has 4 aromatic rings. The van der Waals surface area contributed by atoms with E-state index in [9.17, 15) is 14.4 Å². The maximum Gasteiger partial charge on any atom is 0.272 e. The highest BCUT2D eigenvalue weighted by Crippen LogP contribution is 2.28. The van der Waals surface area contributed by atoms with Crippen LogP contribution in [0.5, 0.6) is 0 Å². The standard InChI is InChI=1S/C32H28ClN3O3S/c1-21-27(33)14-9-15-28(21)35-30(37)22(2)40-26-18-16-25(17-19-26)34-32(39)29(20-23-10-5-3-6-11-23)36-31(38)24-12-7-4-8-13-24/h3-20,22H,1-2H3,(H,34,39)(H,35,37)(H,36,38)/b29-20-. The first-order chi connectivity index (χ1) is 19.3. The van der Waals surface area contributed by atoms with Crippen LogP contribution in [-0.4, -0.2) is 23.0 Å². The lowest BCUT2D eigenvalue weighted by Crippen LogP contribution is -2.30. The fourth-order valence-electron chi connectivity index (χ4n) is 3.71. The number of nitrogens with one attached hydrogen (secondary N) is 3. The molecule has 3 N–H and O–H groups in total. The molecule has 4 rings (SSSR count). The molecule has 0 aromatic heterocycles. The number of carbonyl (C=O) groups excluding carboxylic acids is 3. The molecule has 0 radical (unpaired) electrons. The molecule has 1 atom stereocenters. The summed E-state index contributed by atoms with van der Waals surface area (Å²) < 4.78 is 0. The summed E-state index contributed by atoms with van der Waals surface area (Å²) in [6.45, 7) is 3.68. The molecule has 0 bridgehead atoms. The molecule has 1 unspecified atom stereocenters. The zero-order chi connectivity index (χ0) is 28.5. The molecule has 0 heterocycles. The van der Waals surface area contributed by atoms with Crippen LogP contribution in [0.4, 0.5) is 11.4 Å². The second-order valence-corrected chi connectivity index (χ2v) is 10.8. The maximum absolute atomic E-state index is 13.2. The van der Waals surface area contributed by atoms with Crippen molar-refractivity contribution in [1.82, 2.24) is 5.32 Å². The Labute approximate surface area is 242 Å². The fraction of sp³-hybridized carbons (Fsp3) is 0.0938. The number of halogens is 1. The highest BCUT2D eigenvalue weighted by molar-refractivity contribution is 8.00. The van der Waals surface area contributed by atoms with Crippen LogP contribution in [0.2, 0.25) is 5.02 Å². The van der Waals surface area contributed by atoms with Crippen molar-refractivity contribution >= 4 is 58.5 Å². The van der Waals surface area contributed by atoms with Crippen molar-refractivity contribution in [3.05, 3.63) is 131 Å². The molecule has 0 fully saturated rings. The first-order valence-electron chi connectivity index (χ1n) is 12.6. The van der Waals surface area contributed by atoms with Crippen LogP contribution in [0.25, 0.3) is 6.08 Å². The molecule has 8 heteroatoms. The van der Waals surface area contributed by atoms with Gasteiger partial charge in [0.05, 0.1) is 5.25 Å². The van der Waals surface area contributed by atoms with Gasteiger partial charge < -0.3 is 16.0 Å². The first kappa shape index (κ1) is 28.7. The quantitative estimate of drug-likeness (QED) is 0.147. The maximum atomic E-state index is 13.2. The monoisotopic (exact) mass is 569 g/mol. The number of carbonyl (C=O) groups is 3. The fourth-order valence-corrected chi connectivity index (χ4v) is 4.75. The Hall–Kier alpha value is -4.33. The van der Waals surface area contributed by atoms with Gasteiger partial charge in [0.1, 0.15) is 5.70 Å². The van der Waals surface area contributed by atoms with Gasteiger partial charge in [0.25, 0.3) is 11.8 Å². The Morgan fingerprint density at radius 1 is 0.800 bits per heavy atom. The van der Waals surface area contributed by atoms with Crippen molar-refractivity contribution in [3.63, 3.8) is 0 Å². The Kier molecular flexibility index (Phi) is 9.78. The molecule has 0 aliphatic heterocycles. The number of anilines is 2. The predicted octanol–water partition coefficient (Wildman–Crippen LogP) is 7.18. The molecule has 0 saturated carbocycles. The minimum absolute atomic E-state index is 0.111. The largest absolute Gasteiger partial charge is 0.325 e. The number of rotatable bonds is 9. The number of hydrogen-bond acceptors (Lipinski definition) is 4. The Morgan fingerprint density at radius 2 is 1.45 bits per heavy atom. The van der Waals surface area contributed by atoms with Crippen molar-refractivity contribution in [2.24, 2.45) is 0 Å². The van der Waals surface area contributed by atoms with Gasteiger partial charge in [0.15, 0.2) is 0 Å². The van der Waals surface area contributed by atoms with Crippen LogP contribution in [0, 0.1) is 6.92 Å². The first-order valence-corrected chi connectivity index (χ1v) is 13.8. The molecule has 6 nitrogen and oxygen atoms in total. The minimum Gasteiger partial charge on any atom is -0.325 e. The van der Waals surface area contributed by atoms with Gasteiger partial charge in [-0.1, -0.05) is 66.2 Å². The van der Waals surface area contributed by atoms with Crippen LogP contribution >= 0.6 is 23.4 Å². The second-order valence-electron chi connectivity index (χ2n) is 8.93. The van der Waals surface area contributed by atoms with E-state index < -0.39 is 5.91 Å². The lowest BCUT2D eigenvalue weighted by atomic mass is 10.1. The van der Waals surface area contributed by atoms with E-state index in [4.69, 9.17) is 11.6 Å². The zero-order valence-electron chi connectivity index (χ0n) is 22.0. The van der Waals surface area contributed by atoms with Gasteiger partial charge in [-0.05, 0) is 79.6 Å². The molecule has 4 aromatic carbocycles. The molecule has 40 heavy (non-hydrogen) atoms. The highest BCUT2D eigenvalue weighted by Gasteiger charge is 2.17. The van der Waals surface area contributed by atoms with E-state index in [1.807, 2.05) is 68.4 Å². The summed E-state index contributed by atoms with van der Waals surface area (Å²) >= 11 is 7.56. The summed E-state index contributed by atoms with van der Waals surface area (Å²) in [6, 6.07) is 30.6. The topological polar surface area (TPSA) is 87.3 Å². The van der Waals surface area contributed by atoms with Crippen LogP contribution in [0.1, 0.15) is 28.4 Å². The zero-order valence-corrected chi connectivity index (χ0v) is 23.6. The normalized spacial score (nSPS) is 11.8. The van der Waals surface area contributed by atoms with Gasteiger partial charge in [-0.3, -0.25) is 14.4 Å². The molecule has 3 amide bonds. The lowest BCUT2D eigenvalue weighted by molar-refractivity contribution is -0.115. The molecule has 0 aliphatic rings. The van der Waals surface area contributed by atoms with Crippen LogP contribution in [0.15, 0.2) is 114 Å². The molecular weight excluding hydrogens is 542 g/mol.